The normalized spacial score (nSPS) is 14.5. The molecule has 19 heavy (non-hydrogen) atoms. The van der Waals surface area contributed by atoms with Gasteiger partial charge in [0.15, 0.2) is 0 Å². The van der Waals surface area contributed by atoms with Gasteiger partial charge >= 0.3 is 0 Å². The zero-order chi connectivity index (χ0) is 13.7. The Morgan fingerprint density at radius 3 is 2.63 bits per heavy atom. The lowest BCUT2D eigenvalue weighted by Crippen LogP contribution is -2.39. The van der Waals surface area contributed by atoms with Crippen LogP contribution in [0.5, 0.6) is 0 Å². The highest BCUT2D eigenvalue weighted by atomic mass is 32.1. The number of hydrogen-bond acceptors (Lipinski definition) is 4. The van der Waals surface area contributed by atoms with Crippen molar-refractivity contribution in [2.24, 2.45) is 0 Å². The maximum Gasteiger partial charge on any atom is 0.0795 e. The van der Waals surface area contributed by atoms with Gasteiger partial charge in [0.1, 0.15) is 0 Å². The lowest BCUT2D eigenvalue weighted by molar-refractivity contribution is 0.155. The molecule has 0 bridgehead atoms. The topological polar surface area (TPSA) is 36.4 Å². The van der Waals surface area contributed by atoms with Crippen molar-refractivity contribution in [1.29, 1.82) is 0 Å². The van der Waals surface area contributed by atoms with Crippen LogP contribution in [0.3, 0.4) is 0 Å². The third-order valence-corrected chi connectivity index (χ3v) is 3.99. The summed E-state index contributed by atoms with van der Waals surface area (Å²) in [5.41, 5.74) is 3.86. The largest absolute Gasteiger partial charge is 0.395 e. The molecule has 102 valence electrons. The number of rotatable bonds is 6. The average molecular weight is 276 g/mol. The molecule has 0 saturated carbocycles. The van der Waals surface area contributed by atoms with Gasteiger partial charge in [-0.25, -0.2) is 4.98 Å². The predicted molar refractivity (Wildman–Crippen MR) is 79.3 cm³/mol. The van der Waals surface area contributed by atoms with Gasteiger partial charge in [-0.15, -0.1) is 11.3 Å². The Balaban J connectivity index is 2.06. The highest BCUT2D eigenvalue weighted by Crippen LogP contribution is 2.24. The summed E-state index contributed by atoms with van der Waals surface area (Å²) >= 11 is 1.61. The number of likely N-dealkylation sites (N-methyl/N-ethyl adjacent to an activating group) is 1. The van der Waals surface area contributed by atoms with Crippen LogP contribution in [0.15, 0.2) is 41.2 Å². The van der Waals surface area contributed by atoms with Gasteiger partial charge in [-0.2, -0.15) is 0 Å². The molecule has 0 aliphatic rings. The molecule has 1 aromatic heterocycles. The molecular weight excluding hydrogens is 256 g/mol. The van der Waals surface area contributed by atoms with Crippen LogP contribution < -0.4 is 0 Å². The number of aliphatic hydroxyl groups is 1. The van der Waals surface area contributed by atoms with E-state index in [0.29, 0.717) is 0 Å². The summed E-state index contributed by atoms with van der Waals surface area (Å²) < 4.78 is 0. The number of aromatic nitrogens is 1. The minimum atomic E-state index is -0.244. The molecule has 2 rings (SSSR count). The third kappa shape index (κ3) is 3.62. The van der Waals surface area contributed by atoms with Gasteiger partial charge in [-0.3, -0.25) is 4.90 Å². The van der Waals surface area contributed by atoms with E-state index >= 15 is 0 Å². The molecule has 1 atom stereocenters. The summed E-state index contributed by atoms with van der Waals surface area (Å²) in [5, 5.41) is 11.8. The number of nitrogens with zero attached hydrogens (tertiary/aromatic N) is 2. The Morgan fingerprint density at radius 1 is 1.32 bits per heavy atom. The third-order valence-electron chi connectivity index (χ3n) is 3.35. The van der Waals surface area contributed by atoms with Crippen molar-refractivity contribution >= 4 is 11.3 Å². The zero-order valence-corrected chi connectivity index (χ0v) is 12.2. The number of hydrogen-bond donors (Lipinski definition) is 1. The SMILES string of the molecule is CN(Cc1cscn1)CC(C)(CO)c1ccccc1. The fourth-order valence-electron chi connectivity index (χ4n) is 2.32. The molecule has 3 nitrogen and oxygen atoms in total. The molecule has 0 saturated heterocycles. The first kappa shape index (κ1) is 14.2. The van der Waals surface area contributed by atoms with E-state index in [1.54, 1.807) is 11.3 Å². The van der Waals surface area contributed by atoms with E-state index in [4.69, 9.17) is 0 Å². The fraction of sp³-hybridized carbons (Fsp3) is 0.400. The minimum absolute atomic E-state index is 0.137. The van der Waals surface area contributed by atoms with E-state index in [-0.39, 0.29) is 12.0 Å². The van der Waals surface area contributed by atoms with Crippen LogP contribution in [0.25, 0.3) is 0 Å². The smallest absolute Gasteiger partial charge is 0.0795 e. The summed E-state index contributed by atoms with van der Waals surface area (Å²) in [7, 11) is 2.07. The van der Waals surface area contributed by atoms with Crippen LogP contribution >= 0.6 is 11.3 Å². The van der Waals surface area contributed by atoms with E-state index in [1.807, 2.05) is 23.7 Å². The molecule has 0 aliphatic carbocycles. The molecular formula is C15H20N2OS. The van der Waals surface area contributed by atoms with Crippen LogP contribution in [0, 0.1) is 0 Å². The summed E-state index contributed by atoms with van der Waals surface area (Å²) in [6.45, 7) is 3.84. The Bertz CT molecular complexity index is 486. The molecule has 0 amide bonds. The standard InChI is InChI=1S/C15H20N2OS/c1-15(11-18,13-6-4-3-5-7-13)10-17(2)8-14-9-19-12-16-14/h3-7,9,12,18H,8,10-11H2,1-2H3. The van der Waals surface area contributed by atoms with Gasteiger partial charge in [0, 0.05) is 23.9 Å². The van der Waals surface area contributed by atoms with Gasteiger partial charge in [0.25, 0.3) is 0 Å². The summed E-state index contributed by atoms with van der Waals surface area (Å²) in [4.78, 5) is 6.51. The highest BCUT2D eigenvalue weighted by molar-refractivity contribution is 7.07. The van der Waals surface area contributed by atoms with Crippen molar-refractivity contribution in [2.45, 2.75) is 18.9 Å². The maximum atomic E-state index is 9.77. The van der Waals surface area contributed by atoms with Crippen molar-refractivity contribution in [2.75, 3.05) is 20.2 Å². The number of aliphatic hydroxyl groups excluding tert-OH is 1. The van der Waals surface area contributed by atoms with E-state index in [0.717, 1.165) is 18.8 Å². The Hall–Kier alpha value is -1.23. The molecule has 1 unspecified atom stereocenters. The van der Waals surface area contributed by atoms with E-state index in [2.05, 4.69) is 41.4 Å². The van der Waals surface area contributed by atoms with E-state index in [1.165, 1.54) is 5.56 Å². The monoisotopic (exact) mass is 276 g/mol. The second kappa shape index (κ2) is 6.28. The lowest BCUT2D eigenvalue weighted by atomic mass is 9.83. The van der Waals surface area contributed by atoms with Crippen LogP contribution in [-0.2, 0) is 12.0 Å². The van der Waals surface area contributed by atoms with Crippen LogP contribution in [-0.4, -0.2) is 35.2 Å². The quantitative estimate of drug-likeness (QED) is 0.881. The van der Waals surface area contributed by atoms with Crippen LogP contribution in [0.4, 0.5) is 0 Å². The molecule has 0 fully saturated rings. The fourth-order valence-corrected chi connectivity index (χ4v) is 2.87. The first-order valence-corrected chi connectivity index (χ1v) is 7.30. The van der Waals surface area contributed by atoms with E-state index in [9.17, 15) is 5.11 Å². The summed E-state index contributed by atoms with van der Waals surface area (Å²) in [6.07, 6.45) is 0. The molecule has 4 heteroatoms. The zero-order valence-electron chi connectivity index (χ0n) is 11.4. The Kier molecular flexibility index (Phi) is 4.69. The van der Waals surface area contributed by atoms with Crippen molar-refractivity contribution in [1.82, 2.24) is 9.88 Å². The van der Waals surface area contributed by atoms with Crippen LogP contribution in [0.2, 0.25) is 0 Å². The average Bonchev–Trinajstić information content (AvgIpc) is 2.92. The second-order valence-electron chi connectivity index (χ2n) is 5.24. The van der Waals surface area contributed by atoms with Gasteiger partial charge in [0.05, 0.1) is 17.8 Å². The number of benzene rings is 1. The minimum Gasteiger partial charge on any atom is -0.395 e. The van der Waals surface area contributed by atoms with Crippen LogP contribution in [0.1, 0.15) is 18.2 Å². The molecule has 0 radical (unpaired) electrons. The Labute approximate surface area is 118 Å². The van der Waals surface area contributed by atoms with Gasteiger partial charge in [-0.1, -0.05) is 37.3 Å². The maximum absolute atomic E-state index is 9.77. The van der Waals surface area contributed by atoms with E-state index < -0.39 is 0 Å². The lowest BCUT2D eigenvalue weighted by Gasteiger charge is -2.32. The second-order valence-corrected chi connectivity index (χ2v) is 5.96. The summed E-state index contributed by atoms with van der Waals surface area (Å²) in [5.74, 6) is 0. The molecule has 0 aliphatic heterocycles. The first-order valence-electron chi connectivity index (χ1n) is 6.36. The van der Waals surface area contributed by atoms with Gasteiger partial charge < -0.3 is 5.11 Å². The molecule has 2 aromatic rings. The van der Waals surface area contributed by atoms with Crippen molar-refractivity contribution in [3.8, 4) is 0 Å². The highest BCUT2D eigenvalue weighted by Gasteiger charge is 2.27. The van der Waals surface area contributed by atoms with Crippen molar-refractivity contribution in [3.05, 3.63) is 52.5 Å². The van der Waals surface area contributed by atoms with Crippen molar-refractivity contribution in [3.63, 3.8) is 0 Å². The first-order chi connectivity index (χ1) is 9.14. The molecule has 0 spiro atoms. The van der Waals surface area contributed by atoms with Gasteiger partial charge in [-0.05, 0) is 12.6 Å². The number of thiazole rings is 1. The molecule has 1 N–H and O–H groups in total. The predicted octanol–water partition coefficient (Wildman–Crippen LogP) is 2.53. The molecule has 1 aromatic carbocycles. The molecule has 1 heterocycles. The Morgan fingerprint density at radius 2 is 2.05 bits per heavy atom. The summed E-state index contributed by atoms with van der Waals surface area (Å²) in [6, 6.07) is 10.2. The van der Waals surface area contributed by atoms with Crippen molar-refractivity contribution < 1.29 is 5.11 Å². The van der Waals surface area contributed by atoms with Gasteiger partial charge in [0.2, 0.25) is 0 Å².